The third-order valence-electron chi connectivity index (χ3n) is 4.96. The standard InChI is InChI=1S/C24H24N2O3S/c1-16-7-8-17(2)21(12-16)25-24-26(14-19-6-5-11-29-19)22(15-30-24)20-13-18(27-3)9-10-23(20)28-4/h5-13,15H,14H2,1-4H3. The molecule has 4 aromatic rings. The fourth-order valence-electron chi connectivity index (χ4n) is 3.30. The molecule has 0 fully saturated rings. The molecule has 0 N–H and O–H groups in total. The largest absolute Gasteiger partial charge is 0.497 e. The molecule has 0 aliphatic carbocycles. The average molecular weight is 421 g/mol. The Morgan fingerprint density at radius 1 is 1.03 bits per heavy atom. The lowest BCUT2D eigenvalue weighted by Crippen LogP contribution is -2.16. The summed E-state index contributed by atoms with van der Waals surface area (Å²) in [6, 6.07) is 16.0. The molecule has 2 aromatic heterocycles. The minimum absolute atomic E-state index is 0.565. The topological polar surface area (TPSA) is 48.9 Å². The lowest BCUT2D eigenvalue weighted by Gasteiger charge is -2.13. The van der Waals surface area contributed by atoms with Crippen LogP contribution in [0.3, 0.4) is 0 Å². The molecule has 0 saturated heterocycles. The van der Waals surface area contributed by atoms with E-state index in [0.29, 0.717) is 6.54 Å². The van der Waals surface area contributed by atoms with Crippen molar-refractivity contribution in [1.82, 2.24) is 4.57 Å². The van der Waals surface area contributed by atoms with Crippen molar-refractivity contribution in [2.24, 2.45) is 4.99 Å². The number of benzene rings is 2. The van der Waals surface area contributed by atoms with E-state index < -0.39 is 0 Å². The Hall–Kier alpha value is -3.25. The number of hydrogen-bond donors (Lipinski definition) is 0. The SMILES string of the molecule is COc1ccc(OC)c(-c2csc(=Nc3cc(C)ccc3C)n2Cc2ccco2)c1. The van der Waals surface area contributed by atoms with Gasteiger partial charge in [0.25, 0.3) is 0 Å². The molecule has 5 nitrogen and oxygen atoms in total. The molecule has 0 unspecified atom stereocenters. The molecule has 0 spiro atoms. The van der Waals surface area contributed by atoms with Gasteiger partial charge in [0.15, 0.2) is 4.80 Å². The summed E-state index contributed by atoms with van der Waals surface area (Å²) in [5.41, 5.74) is 5.23. The van der Waals surface area contributed by atoms with E-state index in [1.807, 2.05) is 30.3 Å². The molecule has 0 bridgehead atoms. The van der Waals surface area contributed by atoms with Gasteiger partial charge in [-0.15, -0.1) is 11.3 Å². The van der Waals surface area contributed by atoms with Crippen molar-refractivity contribution in [1.29, 1.82) is 0 Å². The van der Waals surface area contributed by atoms with Gasteiger partial charge >= 0.3 is 0 Å². The quantitative estimate of drug-likeness (QED) is 0.401. The Kier molecular flexibility index (Phi) is 5.77. The molecular weight excluding hydrogens is 396 g/mol. The van der Waals surface area contributed by atoms with E-state index >= 15 is 0 Å². The van der Waals surface area contributed by atoms with Crippen molar-refractivity contribution >= 4 is 17.0 Å². The Bertz CT molecular complexity index is 1220. The van der Waals surface area contributed by atoms with Crippen molar-refractivity contribution in [3.63, 3.8) is 0 Å². The first kappa shape index (κ1) is 20.0. The maximum Gasteiger partial charge on any atom is 0.190 e. The Morgan fingerprint density at radius 3 is 2.63 bits per heavy atom. The van der Waals surface area contributed by atoms with Crippen LogP contribution in [0, 0.1) is 13.8 Å². The summed E-state index contributed by atoms with van der Waals surface area (Å²) in [5, 5.41) is 2.10. The van der Waals surface area contributed by atoms with E-state index in [1.54, 1.807) is 31.8 Å². The highest BCUT2D eigenvalue weighted by Gasteiger charge is 2.15. The first-order valence-corrected chi connectivity index (χ1v) is 10.5. The van der Waals surface area contributed by atoms with Crippen LogP contribution in [-0.4, -0.2) is 18.8 Å². The zero-order chi connectivity index (χ0) is 21.1. The number of aromatic nitrogens is 1. The molecule has 0 amide bonds. The van der Waals surface area contributed by atoms with Crippen LogP contribution in [0.15, 0.2) is 69.6 Å². The zero-order valence-corrected chi connectivity index (χ0v) is 18.3. The summed E-state index contributed by atoms with van der Waals surface area (Å²) < 4.78 is 18.9. The van der Waals surface area contributed by atoms with Crippen LogP contribution < -0.4 is 14.3 Å². The summed E-state index contributed by atoms with van der Waals surface area (Å²) >= 11 is 1.59. The van der Waals surface area contributed by atoms with Gasteiger partial charge in [0.1, 0.15) is 17.3 Å². The van der Waals surface area contributed by atoms with Crippen molar-refractivity contribution in [2.75, 3.05) is 14.2 Å². The first-order valence-electron chi connectivity index (χ1n) is 9.64. The highest BCUT2D eigenvalue weighted by atomic mass is 32.1. The lowest BCUT2D eigenvalue weighted by molar-refractivity contribution is 0.404. The van der Waals surface area contributed by atoms with E-state index in [2.05, 4.69) is 42.0 Å². The monoisotopic (exact) mass is 420 g/mol. The molecule has 154 valence electrons. The minimum atomic E-state index is 0.565. The number of rotatable bonds is 6. The molecule has 0 saturated carbocycles. The summed E-state index contributed by atoms with van der Waals surface area (Å²) in [6.45, 7) is 4.72. The van der Waals surface area contributed by atoms with E-state index in [-0.39, 0.29) is 0 Å². The number of furan rings is 1. The minimum Gasteiger partial charge on any atom is -0.497 e. The van der Waals surface area contributed by atoms with Gasteiger partial charge < -0.3 is 18.5 Å². The Morgan fingerprint density at radius 2 is 1.90 bits per heavy atom. The van der Waals surface area contributed by atoms with Gasteiger partial charge in [0.2, 0.25) is 0 Å². The Labute approximate surface area is 179 Å². The van der Waals surface area contributed by atoms with Gasteiger partial charge in [-0.3, -0.25) is 0 Å². The smallest absolute Gasteiger partial charge is 0.190 e. The fraction of sp³-hybridized carbons (Fsp3) is 0.208. The molecule has 0 aliphatic heterocycles. The molecule has 4 rings (SSSR count). The van der Waals surface area contributed by atoms with Crippen LogP contribution >= 0.6 is 11.3 Å². The van der Waals surface area contributed by atoms with Crippen molar-refractivity contribution in [3.8, 4) is 22.8 Å². The summed E-state index contributed by atoms with van der Waals surface area (Å²) in [6.07, 6.45) is 1.69. The second-order valence-corrected chi connectivity index (χ2v) is 7.87. The van der Waals surface area contributed by atoms with Gasteiger partial charge in [-0.25, -0.2) is 4.99 Å². The van der Waals surface area contributed by atoms with E-state index in [1.165, 1.54) is 5.56 Å². The predicted molar refractivity (Wildman–Crippen MR) is 120 cm³/mol. The van der Waals surface area contributed by atoms with Gasteiger partial charge in [0, 0.05) is 10.9 Å². The number of methoxy groups -OCH3 is 2. The summed E-state index contributed by atoms with van der Waals surface area (Å²) in [5.74, 6) is 2.41. The third-order valence-corrected chi connectivity index (χ3v) is 5.82. The number of nitrogens with zero attached hydrogens (tertiary/aromatic N) is 2. The van der Waals surface area contributed by atoms with Gasteiger partial charge in [-0.2, -0.15) is 0 Å². The molecule has 0 radical (unpaired) electrons. The van der Waals surface area contributed by atoms with Gasteiger partial charge in [-0.1, -0.05) is 12.1 Å². The fourth-order valence-corrected chi connectivity index (χ4v) is 4.22. The van der Waals surface area contributed by atoms with Crippen molar-refractivity contribution < 1.29 is 13.9 Å². The van der Waals surface area contributed by atoms with Gasteiger partial charge in [0.05, 0.1) is 38.4 Å². The molecule has 0 aliphatic rings. The second-order valence-electron chi connectivity index (χ2n) is 7.04. The predicted octanol–water partition coefficient (Wildman–Crippen LogP) is 5.72. The first-order chi connectivity index (χ1) is 14.6. The molecule has 0 atom stereocenters. The average Bonchev–Trinajstić information content (AvgIpc) is 3.41. The van der Waals surface area contributed by atoms with Crippen molar-refractivity contribution in [2.45, 2.75) is 20.4 Å². The maximum absolute atomic E-state index is 5.63. The van der Waals surface area contributed by atoms with Crippen LogP contribution in [-0.2, 0) is 6.54 Å². The van der Waals surface area contributed by atoms with Gasteiger partial charge in [-0.05, 0) is 61.4 Å². The lowest BCUT2D eigenvalue weighted by atomic mass is 10.1. The molecule has 2 aromatic carbocycles. The normalized spacial score (nSPS) is 11.7. The number of hydrogen-bond acceptors (Lipinski definition) is 5. The highest BCUT2D eigenvalue weighted by molar-refractivity contribution is 7.07. The highest BCUT2D eigenvalue weighted by Crippen LogP contribution is 2.34. The van der Waals surface area contributed by atoms with Crippen LogP contribution in [0.25, 0.3) is 11.3 Å². The number of thiazole rings is 1. The molecule has 6 heteroatoms. The van der Waals surface area contributed by atoms with Crippen LogP contribution in [0.2, 0.25) is 0 Å². The number of aryl methyl sites for hydroxylation is 2. The molecule has 2 heterocycles. The Balaban J connectivity index is 1.93. The number of ether oxygens (including phenoxy) is 2. The summed E-state index contributed by atoms with van der Waals surface area (Å²) in [7, 11) is 3.34. The molecular formula is C24H24N2O3S. The van der Waals surface area contributed by atoms with Crippen molar-refractivity contribution in [3.05, 3.63) is 81.9 Å². The van der Waals surface area contributed by atoms with Crippen LogP contribution in [0.1, 0.15) is 16.9 Å². The summed E-state index contributed by atoms with van der Waals surface area (Å²) in [4.78, 5) is 5.88. The third kappa shape index (κ3) is 4.04. The van der Waals surface area contributed by atoms with E-state index in [4.69, 9.17) is 18.9 Å². The van der Waals surface area contributed by atoms with E-state index in [9.17, 15) is 0 Å². The second kappa shape index (κ2) is 8.63. The zero-order valence-electron chi connectivity index (χ0n) is 17.5. The van der Waals surface area contributed by atoms with Crippen LogP contribution in [0.5, 0.6) is 11.5 Å². The van der Waals surface area contributed by atoms with Crippen LogP contribution in [0.4, 0.5) is 5.69 Å². The molecule has 30 heavy (non-hydrogen) atoms. The van der Waals surface area contributed by atoms with E-state index in [0.717, 1.165) is 44.6 Å². The maximum atomic E-state index is 5.63.